The second kappa shape index (κ2) is 5.54. The summed E-state index contributed by atoms with van der Waals surface area (Å²) in [6, 6.07) is 2.57. The first-order valence-corrected chi connectivity index (χ1v) is 5.19. The van der Waals surface area contributed by atoms with Crippen molar-refractivity contribution in [1.82, 2.24) is 0 Å². The molecule has 94 valence electrons. The second-order valence-electron chi connectivity index (χ2n) is 3.79. The molecule has 3 N–H and O–H groups in total. The number of phenols is 1. The Kier molecular flexibility index (Phi) is 4.34. The minimum absolute atomic E-state index is 0.130. The number of carbonyl (C=O) groups excluding carboxylic acids is 1. The topological polar surface area (TPSA) is 81.8 Å². The van der Waals surface area contributed by atoms with Crippen molar-refractivity contribution in [2.24, 2.45) is 5.73 Å². The number of methoxy groups -OCH3 is 2. The summed E-state index contributed by atoms with van der Waals surface area (Å²) in [5.41, 5.74) is 6.89. The van der Waals surface area contributed by atoms with Crippen molar-refractivity contribution in [3.05, 3.63) is 23.3 Å². The van der Waals surface area contributed by atoms with Crippen molar-refractivity contribution in [2.75, 3.05) is 14.2 Å². The Bertz CT molecular complexity index is 417. The number of ether oxygens (including phenoxy) is 2. The molecule has 0 saturated heterocycles. The highest BCUT2D eigenvalue weighted by Crippen LogP contribution is 2.28. The van der Waals surface area contributed by atoms with E-state index in [0.29, 0.717) is 16.9 Å². The summed E-state index contributed by atoms with van der Waals surface area (Å²) in [6.07, 6.45) is 0.205. The number of esters is 1. The molecule has 0 aliphatic heterocycles. The third-order valence-electron chi connectivity index (χ3n) is 2.53. The van der Waals surface area contributed by atoms with Crippen LogP contribution in [0.4, 0.5) is 0 Å². The normalized spacial score (nSPS) is 12.0. The number of carbonyl (C=O) groups is 1. The third kappa shape index (κ3) is 3.10. The molecule has 0 aliphatic rings. The molecule has 1 aromatic rings. The molecule has 0 bridgehead atoms. The van der Waals surface area contributed by atoms with Gasteiger partial charge >= 0.3 is 5.97 Å². The molecule has 0 aliphatic carbocycles. The predicted molar refractivity (Wildman–Crippen MR) is 63.1 cm³/mol. The van der Waals surface area contributed by atoms with Crippen molar-refractivity contribution in [2.45, 2.75) is 19.4 Å². The Morgan fingerprint density at radius 1 is 1.47 bits per heavy atom. The zero-order chi connectivity index (χ0) is 13.0. The van der Waals surface area contributed by atoms with E-state index in [-0.39, 0.29) is 12.2 Å². The van der Waals surface area contributed by atoms with Gasteiger partial charge in [-0.05, 0) is 30.2 Å². The van der Waals surface area contributed by atoms with Gasteiger partial charge in [0.15, 0.2) is 0 Å². The highest BCUT2D eigenvalue weighted by atomic mass is 16.5. The molecule has 1 unspecified atom stereocenters. The Balaban J connectivity index is 2.97. The summed E-state index contributed by atoms with van der Waals surface area (Å²) in [5, 5.41) is 9.86. The SMILES string of the molecule is COC(=O)C(N)Cc1cc(OC)cc(C)c1O. The number of aromatic hydroxyl groups is 1. The number of nitrogens with two attached hydrogens (primary N) is 1. The third-order valence-corrected chi connectivity index (χ3v) is 2.53. The van der Waals surface area contributed by atoms with E-state index in [0.717, 1.165) is 0 Å². The van der Waals surface area contributed by atoms with Gasteiger partial charge < -0.3 is 20.3 Å². The Morgan fingerprint density at radius 3 is 2.65 bits per heavy atom. The first-order chi connectivity index (χ1) is 7.99. The van der Waals surface area contributed by atoms with Gasteiger partial charge in [0, 0.05) is 6.42 Å². The van der Waals surface area contributed by atoms with Crippen LogP contribution in [-0.4, -0.2) is 31.3 Å². The highest BCUT2D eigenvalue weighted by molar-refractivity contribution is 5.76. The van der Waals surface area contributed by atoms with Crippen LogP contribution in [-0.2, 0) is 16.0 Å². The summed E-state index contributed by atoms with van der Waals surface area (Å²) in [7, 11) is 2.81. The molecule has 5 nitrogen and oxygen atoms in total. The molecule has 1 atom stereocenters. The molecule has 0 spiro atoms. The average molecular weight is 239 g/mol. The Labute approximate surface area is 100 Å². The van der Waals surface area contributed by atoms with Crippen LogP contribution in [0.15, 0.2) is 12.1 Å². The number of hydrogen-bond acceptors (Lipinski definition) is 5. The van der Waals surface area contributed by atoms with Crippen LogP contribution in [0.5, 0.6) is 11.5 Å². The molecule has 0 fully saturated rings. The monoisotopic (exact) mass is 239 g/mol. The molecular weight excluding hydrogens is 222 g/mol. The van der Waals surface area contributed by atoms with Crippen molar-refractivity contribution >= 4 is 5.97 Å². The van der Waals surface area contributed by atoms with Gasteiger partial charge in [0.05, 0.1) is 14.2 Å². The van der Waals surface area contributed by atoms with Crippen molar-refractivity contribution < 1.29 is 19.4 Å². The lowest BCUT2D eigenvalue weighted by Gasteiger charge is -2.13. The van der Waals surface area contributed by atoms with E-state index < -0.39 is 12.0 Å². The van der Waals surface area contributed by atoms with Crippen LogP contribution in [0, 0.1) is 6.92 Å². The van der Waals surface area contributed by atoms with E-state index >= 15 is 0 Å². The first kappa shape index (κ1) is 13.3. The fourth-order valence-electron chi connectivity index (χ4n) is 1.56. The molecule has 5 heteroatoms. The van der Waals surface area contributed by atoms with Crippen LogP contribution >= 0.6 is 0 Å². The smallest absolute Gasteiger partial charge is 0.322 e. The van der Waals surface area contributed by atoms with Gasteiger partial charge in [-0.1, -0.05) is 0 Å². The molecule has 0 heterocycles. The molecule has 0 radical (unpaired) electrons. The van der Waals surface area contributed by atoms with Crippen molar-refractivity contribution in [1.29, 1.82) is 0 Å². The fourth-order valence-corrected chi connectivity index (χ4v) is 1.56. The van der Waals surface area contributed by atoms with E-state index in [1.807, 2.05) is 0 Å². The summed E-state index contributed by atoms with van der Waals surface area (Å²) in [6.45, 7) is 1.75. The summed E-state index contributed by atoms with van der Waals surface area (Å²) in [4.78, 5) is 11.2. The Morgan fingerprint density at radius 2 is 2.12 bits per heavy atom. The van der Waals surface area contributed by atoms with Gasteiger partial charge in [0.2, 0.25) is 0 Å². The van der Waals surface area contributed by atoms with E-state index in [2.05, 4.69) is 4.74 Å². The summed E-state index contributed by atoms with van der Waals surface area (Å²) in [5.74, 6) is 0.238. The zero-order valence-electron chi connectivity index (χ0n) is 10.2. The Hall–Kier alpha value is -1.75. The molecular formula is C12H17NO4. The van der Waals surface area contributed by atoms with Crippen LogP contribution in [0.1, 0.15) is 11.1 Å². The number of benzene rings is 1. The standard InChI is InChI=1S/C12H17NO4/c1-7-4-9(16-2)5-8(11(7)14)6-10(13)12(15)17-3/h4-5,10,14H,6,13H2,1-3H3. The van der Waals surface area contributed by atoms with Crippen LogP contribution in [0.25, 0.3) is 0 Å². The fraction of sp³-hybridized carbons (Fsp3) is 0.417. The quantitative estimate of drug-likeness (QED) is 0.758. The van der Waals surface area contributed by atoms with Gasteiger partial charge in [-0.25, -0.2) is 0 Å². The maximum atomic E-state index is 11.2. The maximum Gasteiger partial charge on any atom is 0.322 e. The lowest BCUT2D eigenvalue weighted by molar-refractivity contribution is -0.142. The van der Waals surface area contributed by atoms with E-state index in [1.165, 1.54) is 14.2 Å². The zero-order valence-corrected chi connectivity index (χ0v) is 10.2. The van der Waals surface area contributed by atoms with E-state index in [4.69, 9.17) is 10.5 Å². The van der Waals surface area contributed by atoms with E-state index in [9.17, 15) is 9.90 Å². The maximum absolute atomic E-state index is 11.2. The molecule has 17 heavy (non-hydrogen) atoms. The molecule has 0 amide bonds. The van der Waals surface area contributed by atoms with Gasteiger partial charge in [-0.3, -0.25) is 4.79 Å². The van der Waals surface area contributed by atoms with Crippen molar-refractivity contribution in [3.8, 4) is 11.5 Å². The first-order valence-electron chi connectivity index (χ1n) is 5.19. The van der Waals surface area contributed by atoms with Crippen LogP contribution < -0.4 is 10.5 Å². The minimum Gasteiger partial charge on any atom is -0.507 e. The van der Waals surface area contributed by atoms with E-state index in [1.54, 1.807) is 19.1 Å². The molecule has 1 aromatic carbocycles. The lowest BCUT2D eigenvalue weighted by Crippen LogP contribution is -2.33. The lowest BCUT2D eigenvalue weighted by atomic mass is 10.0. The number of hydrogen-bond donors (Lipinski definition) is 2. The van der Waals surface area contributed by atoms with Crippen LogP contribution in [0.3, 0.4) is 0 Å². The molecule has 0 aromatic heterocycles. The van der Waals surface area contributed by atoms with Gasteiger partial charge in [0.25, 0.3) is 0 Å². The number of aryl methyl sites for hydroxylation is 1. The second-order valence-corrected chi connectivity index (χ2v) is 3.79. The molecule has 1 rings (SSSR count). The predicted octanol–water partition coefficient (Wildman–Crippen LogP) is 0.752. The van der Waals surface area contributed by atoms with Gasteiger partial charge in [-0.15, -0.1) is 0 Å². The van der Waals surface area contributed by atoms with Crippen molar-refractivity contribution in [3.63, 3.8) is 0 Å². The number of rotatable bonds is 4. The average Bonchev–Trinajstić information content (AvgIpc) is 2.33. The molecule has 0 saturated carbocycles. The van der Waals surface area contributed by atoms with Crippen LogP contribution in [0.2, 0.25) is 0 Å². The largest absolute Gasteiger partial charge is 0.507 e. The highest BCUT2D eigenvalue weighted by Gasteiger charge is 2.17. The summed E-state index contributed by atoms with van der Waals surface area (Å²) >= 11 is 0. The number of phenolic OH excluding ortho intramolecular Hbond substituents is 1. The summed E-state index contributed by atoms with van der Waals surface area (Å²) < 4.78 is 9.63. The minimum atomic E-state index is -0.794. The van der Waals surface area contributed by atoms with Gasteiger partial charge in [0.1, 0.15) is 17.5 Å². The van der Waals surface area contributed by atoms with Gasteiger partial charge in [-0.2, -0.15) is 0 Å².